The second kappa shape index (κ2) is 4.23. The van der Waals surface area contributed by atoms with Gasteiger partial charge in [0, 0.05) is 10.5 Å². The minimum atomic E-state index is -0.431. The first-order valence-electron chi connectivity index (χ1n) is 3.84. The highest BCUT2D eigenvalue weighted by Gasteiger charge is 1.97. The van der Waals surface area contributed by atoms with E-state index in [0.29, 0.717) is 0 Å². The van der Waals surface area contributed by atoms with Crippen LogP contribution in [0.25, 0.3) is 6.08 Å². The van der Waals surface area contributed by atoms with Gasteiger partial charge in [0.2, 0.25) is 5.91 Å². The molecule has 0 saturated carbocycles. The Morgan fingerprint density at radius 2 is 2.23 bits per heavy atom. The Bertz CT molecular complexity index is 358. The fourth-order valence-electron chi connectivity index (χ4n) is 0.977. The SMILES string of the molecule is Cc1c(Br)cccc1C=CC(N)=O. The Labute approximate surface area is 85.6 Å². The molecule has 0 aromatic heterocycles. The zero-order chi connectivity index (χ0) is 9.84. The second-order valence-electron chi connectivity index (χ2n) is 2.69. The van der Waals surface area contributed by atoms with E-state index in [4.69, 9.17) is 5.73 Å². The molecule has 0 aliphatic carbocycles. The summed E-state index contributed by atoms with van der Waals surface area (Å²) in [6.45, 7) is 1.98. The molecule has 13 heavy (non-hydrogen) atoms. The van der Waals surface area contributed by atoms with Gasteiger partial charge in [-0.25, -0.2) is 0 Å². The van der Waals surface area contributed by atoms with Gasteiger partial charge in [-0.15, -0.1) is 0 Å². The number of halogens is 1. The summed E-state index contributed by atoms with van der Waals surface area (Å²) in [5, 5.41) is 0. The summed E-state index contributed by atoms with van der Waals surface area (Å²) in [7, 11) is 0. The van der Waals surface area contributed by atoms with Gasteiger partial charge in [0.15, 0.2) is 0 Å². The third kappa shape index (κ3) is 2.70. The number of rotatable bonds is 2. The molecule has 0 aliphatic heterocycles. The van der Waals surface area contributed by atoms with Crippen LogP contribution in [0.3, 0.4) is 0 Å². The molecule has 0 bridgehead atoms. The van der Waals surface area contributed by atoms with Gasteiger partial charge in [-0.2, -0.15) is 0 Å². The Hall–Kier alpha value is -1.09. The Kier molecular flexibility index (Phi) is 3.25. The van der Waals surface area contributed by atoms with E-state index in [1.54, 1.807) is 6.08 Å². The first-order chi connectivity index (χ1) is 6.11. The van der Waals surface area contributed by atoms with Crippen molar-refractivity contribution in [3.8, 4) is 0 Å². The molecule has 0 aliphatic rings. The first kappa shape index (κ1) is 9.99. The van der Waals surface area contributed by atoms with Crippen LogP contribution in [0, 0.1) is 6.92 Å². The summed E-state index contributed by atoms with van der Waals surface area (Å²) in [4.78, 5) is 10.5. The lowest BCUT2D eigenvalue weighted by molar-refractivity contribution is -0.113. The highest BCUT2D eigenvalue weighted by atomic mass is 79.9. The molecule has 0 saturated heterocycles. The van der Waals surface area contributed by atoms with E-state index < -0.39 is 5.91 Å². The zero-order valence-electron chi connectivity index (χ0n) is 7.25. The minimum Gasteiger partial charge on any atom is -0.366 e. The number of hydrogen-bond acceptors (Lipinski definition) is 1. The Balaban J connectivity index is 3.02. The summed E-state index contributed by atoms with van der Waals surface area (Å²) >= 11 is 3.40. The van der Waals surface area contributed by atoms with Crippen molar-refractivity contribution in [3.63, 3.8) is 0 Å². The van der Waals surface area contributed by atoms with E-state index in [9.17, 15) is 4.79 Å². The van der Waals surface area contributed by atoms with E-state index >= 15 is 0 Å². The zero-order valence-corrected chi connectivity index (χ0v) is 8.84. The molecule has 0 atom stereocenters. The lowest BCUT2D eigenvalue weighted by Crippen LogP contribution is -2.05. The lowest BCUT2D eigenvalue weighted by Gasteiger charge is -2.01. The third-order valence-corrected chi connectivity index (χ3v) is 2.60. The molecule has 3 heteroatoms. The number of primary amides is 1. The van der Waals surface area contributed by atoms with Crippen LogP contribution in [0.1, 0.15) is 11.1 Å². The van der Waals surface area contributed by atoms with Gasteiger partial charge in [0.25, 0.3) is 0 Å². The van der Waals surface area contributed by atoms with E-state index in [1.807, 2.05) is 25.1 Å². The predicted octanol–water partition coefficient (Wildman–Crippen LogP) is 2.26. The molecular formula is C10H10BrNO. The molecule has 2 N–H and O–H groups in total. The molecule has 1 amide bonds. The van der Waals surface area contributed by atoms with Crippen molar-refractivity contribution in [2.24, 2.45) is 5.73 Å². The maximum atomic E-state index is 10.5. The van der Waals surface area contributed by atoms with E-state index in [2.05, 4.69) is 15.9 Å². The molecule has 0 fully saturated rings. The maximum Gasteiger partial charge on any atom is 0.241 e. The van der Waals surface area contributed by atoms with Crippen LogP contribution in [0.2, 0.25) is 0 Å². The van der Waals surface area contributed by atoms with Gasteiger partial charge in [0.05, 0.1) is 0 Å². The van der Waals surface area contributed by atoms with Crippen molar-refractivity contribution in [3.05, 3.63) is 39.9 Å². The Morgan fingerprint density at radius 3 is 2.85 bits per heavy atom. The average Bonchev–Trinajstić information content (AvgIpc) is 2.07. The largest absolute Gasteiger partial charge is 0.366 e. The second-order valence-corrected chi connectivity index (χ2v) is 3.54. The number of carbonyl (C=O) groups is 1. The standard InChI is InChI=1S/C10H10BrNO/c1-7-8(5-6-10(12)13)3-2-4-9(7)11/h2-6H,1H3,(H2,12,13). The van der Waals surface area contributed by atoms with Crippen molar-refractivity contribution < 1.29 is 4.79 Å². The monoisotopic (exact) mass is 239 g/mol. The van der Waals surface area contributed by atoms with Gasteiger partial charge in [-0.05, 0) is 30.2 Å². The molecule has 0 unspecified atom stereocenters. The first-order valence-corrected chi connectivity index (χ1v) is 4.63. The quantitative estimate of drug-likeness (QED) is 0.791. The summed E-state index contributed by atoms with van der Waals surface area (Å²) < 4.78 is 1.03. The van der Waals surface area contributed by atoms with E-state index in [-0.39, 0.29) is 0 Å². The Morgan fingerprint density at radius 1 is 1.54 bits per heavy atom. The van der Waals surface area contributed by atoms with Gasteiger partial charge >= 0.3 is 0 Å². The van der Waals surface area contributed by atoms with E-state index in [1.165, 1.54) is 6.08 Å². The van der Waals surface area contributed by atoms with Crippen molar-refractivity contribution in [1.29, 1.82) is 0 Å². The number of benzene rings is 1. The average molecular weight is 240 g/mol. The topological polar surface area (TPSA) is 43.1 Å². The number of nitrogens with two attached hydrogens (primary N) is 1. The minimum absolute atomic E-state index is 0.431. The fraction of sp³-hybridized carbons (Fsp3) is 0.100. The predicted molar refractivity (Wildman–Crippen MR) is 57.1 cm³/mol. The number of hydrogen-bond donors (Lipinski definition) is 1. The summed E-state index contributed by atoms with van der Waals surface area (Å²) in [6.07, 6.45) is 3.07. The van der Waals surface area contributed by atoms with Crippen LogP contribution in [0.15, 0.2) is 28.7 Å². The van der Waals surface area contributed by atoms with Crippen LogP contribution in [-0.4, -0.2) is 5.91 Å². The van der Waals surface area contributed by atoms with Crippen molar-refractivity contribution in [2.75, 3.05) is 0 Å². The summed E-state index contributed by atoms with van der Waals surface area (Å²) in [5.41, 5.74) is 7.08. The highest BCUT2D eigenvalue weighted by molar-refractivity contribution is 9.10. The fourth-order valence-corrected chi connectivity index (χ4v) is 1.36. The van der Waals surface area contributed by atoms with Crippen LogP contribution >= 0.6 is 15.9 Å². The molecule has 1 aromatic carbocycles. The van der Waals surface area contributed by atoms with E-state index in [0.717, 1.165) is 15.6 Å². The summed E-state index contributed by atoms with van der Waals surface area (Å²) in [6, 6.07) is 5.80. The molecule has 2 nitrogen and oxygen atoms in total. The smallest absolute Gasteiger partial charge is 0.241 e. The molecule has 0 spiro atoms. The third-order valence-electron chi connectivity index (χ3n) is 1.74. The van der Waals surface area contributed by atoms with Crippen LogP contribution in [0.5, 0.6) is 0 Å². The number of amides is 1. The van der Waals surface area contributed by atoms with Gasteiger partial charge in [-0.1, -0.05) is 28.1 Å². The number of carbonyl (C=O) groups excluding carboxylic acids is 1. The van der Waals surface area contributed by atoms with Gasteiger partial charge in [0.1, 0.15) is 0 Å². The van der Waals surface area contributed by atoms with Crippen molar-refractivity contribution in [1.82, 2.24) is 0 Å². The van der Waals surface area contributed by atoms with Crippen LogP contribution in [-0.2, 0) is 4.79 Å². The molecular weight excluding hydrogens is 230 g/mol. The van der Waals surface area contributed by atoms with Gasteiger partial charge < -0.3 is 5.73 Å². The lowest BCUT2D eigenvalue weighted by atomic mass is 10.1. The maximum absolute atomic E-state index is 10.5. The molecule has 1 rings (SSSR count). The van der Waals surface area contributed by atoms with Crippen molar-refractivity contribution in [2.45, 2.75) is 6.92 Å². The molecule has 1 aromatic rings. The molecule has 68 valence electrons. The highest BCUT2D eigenvalue weighted by Crippen LogP contribution is 2.20. The molecule has 0 radical (unpaired) electrons. The van der Waals surface area contributed by atoms with Crippen molar-refractivity contribution >= 4 is 27.9 Å². The van der Waals surface area contributed by atoms with Crippen LogP contribution in [0.4, 0.5) is 0 Å². The summed E-state index contributed by atoms with van der Waals surface area (Å²) in [5.74, 6) is -0.431. The van der Waals surface area contributed by atoms with Crippen LogP contribution < -0.4 is 5.73 Å². The molecule has 0 heterocycles. The normalized spacial score (nSPS) is 10.6. The van der Waals surface area contributed by atoms with Gasteiger partial charge in [-0.3, -0.25) is 4.79 Å².